The van der Waals surface area contributed by atoms with Gasteiger partial charge in [0.15, 0.2) is 5.13 Å². The van der Waals surface area contributed by atoms with E-state index in [2.05, 4.69) is 4.98 Å². The number of aliphatic hydroxyl groups is 1. The summed E-state index contributed by atoms with van der Waals surface area (Å²) in [5.74, 6) is -1.56. The lowest BCUT2D eigenvalue weighted by atomic mass is 9.95. The number of Topliss-reactive ketones (excluding diaryl/α,β-unsaturated/α-hetero) is 1. The average Bonchev–Trinajstić information content (AvgIpc) is 3.41. The number of thiazole rings is 1. The van der Waals surface area contributed by atoms with Gasteiger partial charge >= 0.3 is 5.91 Å². The van der Waals surface area contributed by atoms with E-state index in [1.807, 2.05) is 0 Å². The molecule has 0 radical (unpaired) electrons. The highest BCUT2D eigenvalue weighted by atomic mass is 35.5. The number of amides is 1. The van der Waals surface area contributed by atoms with Crippen molar-refractivity contribution in [2.24, 2.45) is 0 Å². The molecule has 1 fully saturated rings. The summed E-state index contributed by atoms with van der Waals surface area (Å²) in [6.45, 7) is 0. The highest BCUT2D eigenvalue weighted by Crippen LogP contribution is 2.45. The quantitative estimate of drug-likeness (QED) is 0.121. The van der Waals surface area contributed by atoms with E-state index in [1.54, 1.807) is 30.3 Å². The molecule has 9 nitrogen and oxygen atoms in total. The van der Waals surface area contributed by atoms with E-state index in [0.29, 0.717) is 27.4 Å². The second-order valence-electron chi connectivity index (χ2n) is 7.85. The number of aromatic nitrogens is 1. The number of aliphatic hydroxyl groups excluding tert-OH is 1. The fourth-order valence-corrected chi connectivity index (χ4v) is 5.16. The maximum absolute atomic E-state index is 13.3. The topological polar surface area (TPSA) is 123 Å². The third-order valence-electron chi connectivity index (χ3n) is 5.77. The molecule has 180 valence electrons. The standard InChI is InChI=1S/C25H16ClN3O6S/c1-35-17-10-11-18-19(12-17)36-25(27-18)28-21(13-4-8-16(9-5-13)29(33)34)20(23(31)24(28)32)22(30)14-2-6-15(26)7-3-14/h2-12,21,30H,1H3/t21-/m1/s1. The molecule has 1 aliphatic rings. The number of non-ortho nitro benzene ring substituents is 1. The molecule has 0 saturated carbocycles. The Hall–Kier alpha value is -4.28. The Morgan fingerprint density at radius 1 is 1.11 bits per heavy atom. The van der Waals surface area contributed by atoms with Crippen LogP contribution in [0.2, 0.25) is 5.02 Å². The van der Waals surface area contributed by atoms with Crippen molar-refractivity contribution < 1.29 is 24.4 Å². The number of ketones is 1. The van der Waals surface area contributed by atoms with Crippen LogP contribution in [0.4, 0.5) is 10.8 Å². The maximum Gasteiger partial charge on any atom is 0.301 e. The highest BCUT2D eigenvalue weighted by Gasteiger charge is 2.48. The van der Waals surface area contributed by atoms with Crippen LogP contribution >= 0.6 is 22.9 Å². The lowest BCUT2D eigenvalue weighted by molar-refractivity contribution is -0.384. The van der Waals surface area contributed by atoms with Crippen LogP contribution in [0.25, 0.3) is 16.0 Å². The van der Waals surface area contributed by atoms with Gasteiger partial charge in [0.25, 0.3) is 11.5 Å². The first-order valence-corrected chi connectivity index (χ1v) is 11.7. The highest BCUT2D eigenvalue weighted by molar-refractivity contribution is 7.22. The predicted octanol–water partition coefficient (Wildman–Crippen LogP) is 5.49. The Morgan fingerprint density at radius 3 is 2.44 bits per heavy atom. The Kier molecular flexibility index (Phi) is 5.91. The molecule has 0 spiro atoms. The van der Waals surface area contributed by atoms with Gasteiger partial charge in [0.05, 0.1) is 33.9 Å². The van der Waals surface area contributed by atoms with Gasteiger partial charge in [-0.1, -0.05) is 22.9 Å². The van der Waals surface area contributed by atoms with Crippen molar-refractivity contribution in [1.29, 1.82) is 0 Å². The summed E-state index contributed by atoms with van der Waals surface area (Å²) in [5, 5.41) is 23.0. The number of anilines is 1. The third-order valence-corrected chi connectivity index (χ3v) is 7.04. The smallest absolute Gasteiger partial charge is 0.301 e. The van der Waals surface area contributed by atoms with Crippen molar-refractivity contribution in [3.05, 3.63) is 98.6 Å². The molecule has 3 aromatic carbocycles. The number of hydrogen-bond acceptors (Lipinski definition) is 8. The first kappa shape index (κ1) is 23.5. The minimum atomic E-state index is -1.07. The minimum Gasteiger partial charge on any atom is -0.507 e. The molecule has 0 bridgehead atoms. The number of halogens is 1. The largest absolute Gasteiger partial charge is 0.507 e. The number of benzene rings is 3. The normalized spacial score (nSPS) is 17.1. The number of ether oxygens (including phenoxy) is 1. The van der Waals surface area contributed by atoms with E-state index >= 15 is 0 Å². The van der Waals surface area contributed by atoms with Crippen molar-refractivity contribution in [2.45, 2.75) is 6.04 Å². The summed E-state index contributed by atoms with van der Waals surface area (Å²) in [5.41, 5.74) is 0.969. The van der Waals surface area contributed by atoms with E-state index in [4.69, 9.17) is 16.3 Å². The number of carbonyl (C=O) groups is 2. The molecule has 0 unspecified atom stereocenters. The molecule has 1 saturated heterocycles. The summed E-state index contributed by atoms with van der Waals surface area (Å²) in [4.78, 5) is 42.9. The molecule has 0 aliphatic carbocycles. The summed E-state index contributed by atoms with van der Waals surface area (Å²) >= 11 is 7.14. The van der Waals surface area contributed by atoms with Crippen LogP contribution < -0.4 is 9.64 Å². The van der Waals surface area contributed by atoms with E-state index < -0.39 is 28.4 Å². The van der Waals surface area contributed by atoms with E-state index in [0.717, 1.165) is 4.70 Å². The van der Waals surface area contributed by atoms with E-state index in [-0.39, 0.29) is 16.4 Å². The fourth-order valence-electron chi connectivity index (χ4n) is 4.01. The number of carbonyl (C=O) groups excluding carboxylic acids is 2. The molecule has 1 aromatic heterocycles. The summed E-state index contributed by atoms with van der Waals surface area (Å²) in [6.07, 6.45) is 0. The average molecular weight is 522 g/mol. The molecule has 4 aromatic rings. The molecule has 1 aliphatic heterocycles. The van der Waals surface area contributed by atoms with Gasteiger partial charge in [0.2, 0.25) is 0 Å². The number of hydrogen-bond donors (Lipinski definition) is 1. The van der Waals surface area contributed by atoms with Crippen LogP contribution in [0.3, 0.4) is 0 Å². The van der Waals surface area contributed by atoms with Gasteiger partial charge in [-0.15, -0.1) is 0 Å². The monoisotopic (exact) mass is 521 g/mol. The van der Waals surface area contributed by atoms with Gasteiger partial charge in [0, 0.05) is 22.7 Å². The zero-order valence-electron chi connectivity index (χ0n) is 18.5. The van der Waals surface area contributed by atoms with Gasteiger partial charge in [-0.2, -0.15) is 0 Å². The number of rotatable bonds is 5. The summed E-state index contributed by atoms with van der Waals surface area (Å²) < 4.78 is 5.99. The van der Waals surface area contributed by atoms with Crippen molar-refractivity contribution in [2.75, 3.05) is 12.0 Å². The molecule has 2 heterocycles. The number of methoxy groups -OCH3 is 1. The molecule has 36 heavy (non-hydrogen) atoms. The first-order chi connectivity index (χ1) is 17.3. The van der Waals surface area contributed by atoms with Crippen LogP contribution in [-0.2, 0) is 9.59 Å². The number of nitrogens with zero attached hydrogens (tertiary/aromatic N) is 3. The van der Waals surface area contributed by atoms with E-state index in [9.17, 15) is 24.8 Å². The molecular formula is C25H16ClN3O6S. The second kappa shape index (κ2) is 9.06. The van der Waals surface area contributed by atoms with Crippen LogP contribution in [-0.4, -0.2) is 33.8 Å². The Balaban J connectivity index is 1.71. The number of fused-ring (bicyclic) bond motifs is 1. The Morgan fingerprint density at radius 2 is 1.81 bits per heavy atom. The van der Waals surface area contributed by atoms with Crippen LogP contribution in [0.1, 0.15) is 17.2 Å². The second-order valence-corrected chi connectivity index (χ2v) is 9.30. The van der Waals surface area contributed by atoms with Gasteiger partial charge in [-0.05, 0) is 60.2 Å². The number of nitro groups is 1. The lowest BCUT2D eigenvalue weighted by Gasteiger charge is -2.22. The van der Waals surface area contributed by atoms with Gasteiger partial charge in [-0.3, -0.25) is 24.6 Å². The van der Waals surface area contributed by atoms with Gasteiger partial charge < -0.3 is 9.84 Å². The first-order valence-electron chi connectivity index (χ1n) is 10.5. The molecule has 1 amide bonds. The van der Waals surface area contributed by atoms with Crippen LogP contribution in [0, 0.1) is 10.1 Å². The molecule has 1 N–H and O–H groups in total. The zero-order valence-corrected chi connectivity index (χ0v) is 20.1. The minimum absolute atomic E-state index is 0.152. The van der Waals surface area contributed by atoms with Crippen LogP contribution in [0.5, 0.6) is 5.75 Å². The van der Waals surface area contributed by atoms with Gasteiger partial charge in [0.1, 0.15) is 11.5 Å². The lowest BCUT2D eigenvalue weighted by Crippen LogP contribution is -2.29. The summed E-state index contributed by atoms with van der Waals surface area (Å²) in [6, 6.07) is 15.8. The van der Waals surface area contributed by atoms with Crippen molar-refractivity contribution >= 4 is 61.4 Å². The molecule has 11 heteroatoms. The van der Waals surface area contributed by atoms with Crippen LogP contribution in [0.15, 0.2) is 72.3 Å². The maximum atomic E-state index is 13.3. The molecular weight excluding hydrogens is 506 g/mol. The number of nitro benzene ring substituents is 1. The summed E-state index contributed by atoms with van der Waals surface area (Å²) in [7, 11) is 1.53. The third kappa shape index (κ3) is 3.96. The Labute approximate surface area is 213 Å². The van der Waals surface area contributed by atoms with Crippen molar-refractivity contribution in [3.63, 3.8) is 0 Å². The Bertz CT molecular complexity index is 1560. The SMILES string of the molecule is COc1ccc2nc(N3C(=O)C(=O)C(=C(O)c4ccc(Cl)cc4)[C@H]3c3ccc([N+](=O)[O-])cc3)sc2c1. The zero-order chi connectivity index (χ0) is 25.6. The molecule has 1 atom stereocenters. The fraction of sp³-hybridized carbons (Fsp3) is 0.0800. The van der Waals surface area contributed by atoms with Crippen molar-refractivity contribution in [3.8, 4) is 5.75 Å². The predicted molar refractivity (Wildman–Crippen MR) is 136 cm³/mol. The van der Waals surface area contributed by atoms with E-state index in [1.165, 1.54) is 59.7 Å². The van der Waals surface area contributed by atoms with Crippen molar-refractivity contribution in [1.82, 2.24) is 4.98 Å². The van der Waals surface area contributed by atoms with Gasteiger partial charge in [-0.25, -0.2) is 4.98 Å². The molecule has 5 rings (SSSR count).